The molecule has 0 radical (unpaired) electrons. The standard InChI is InChI=1S/C22H27N3OS/c1-16-10-11-17(2)18(14-16)15-21(26)25(13-7-12-24(3)4)22-23-19-8-5-6-9-20(19)27-22/h5-6,8-11,14H,7,12-13,15H2,1-4H3. The van der Waals surface area contributed by atoms with Gasteiger partial charge in [0.2, 0.25) is 5.91 Å². The Hall–Kier alpha value is -2.24. The van der Waals surface area contributed by atoms with Gasteiger partial charge in [0, 0.05) is 6.54 Å². The second-order valence-electron chi connectivity index (χ2n) is 7.27. The summed E-state index contributed by atoms with van der Waals surface area (Å²) in [6.45, 7) is 5.76. The van der Waals surface area contributed by atoms with Crippen LogP contribution < -0.4 is 4.90 Å². The normalized spacial score (nSPS) is 11.3. The average molecular weight is 382 g/mol. The van der Waals surface area contributed by atoms with Crippen molar-refractivity contribution in [3.63, 3.8) is 0 Å². The van der Waals surface area contributed by atoms with Crippen LogP contribution >= 0.6 is 11.3 Å². The Morgan fingerprint density at radius 1 is 1.07 bits per heavy atom. The largest absolute Gasteiger partial charge is 0.309 e. The van der Waals surface area contributed by atoms with Crippen molar-refractivity contribution in [3.05, 3.63) is 59.2 Å². The van der Waals surface area contributed by atoms with Crippen LogP contribution in [0, 0.1) is 13.8 Å². The molecule has 142 valence electrons. The summed E-state index contributed by atoms with van der Waals surface area (Å²) in [6.07, 6.45) is 1.33. The van der Waals surface area contributed by atoms with Crippen LogP contribution in [0.3, 0.4) is 0 Å². The number of nitrogens with zero attached hydrogens (tertiary/aromatic N) is 3. The smallest absolute Gasteiger partial charge is 0.233 e. The van der Waals surface area contributed by atoms with Gasteiger partial charge in [-0.15, -0.1) is 0 Å². The van der Waals surface area contributed by atoms with Gasteiger partial charge in [-0.05, 0) is 64.2 Å². The van der Waals surface area contributed by atoms with Gasteiger partial charge in [-0.25, -0.2) is 4.98 Å². The van der Waals surface area contributed by atoms with Crippen molar-refractivity contribution >= 4 is 32.6 Å². The molecule has 0 spiro atoms. The number of carbonyl (C=O) groups is 1. The highest BCUT2D eigenvalue weighted by Gasteiger charge is 2.20. The van der Waals surface area contributed by atoms with E-state index in [2.05, 4.69) is 57.1 Å². The fraction of sp³-hybridized carbons (Fsp3) is 0.364. The molecule has 1 heterocycles. The summed E-state index contributed by atoms with van der Waals surface area (Å²) in [7, 11) is 4.11. The highest BCUT2D eigenvalue weighted by atomic mass is 32.1. The molecule has 0 unspecified atom stereocenters. The monoisotopic (exact) mass is 381 g/mol. The number of hydrogen-bond donors (Lipinski definition) is 0. The van der Waals surface area contributed by atoms with Crippen molar-refractivity contribution in [2.24, 2.45) is 0 Å². The summed E-state index contributed by atoms with van der Waals surface area (Å²) in [5.41, 5.74) is 4.39. The molecule has 27 heavy (non-hydrogen) atoms. The second-order valence-corrected chi connectivity index (χ2v) is 8.28. The minimum absolute atomic E-state index is 0.113. The predicted molar refractivity (Wildman–Crippen MR) is 115 cm³/mol. The minimum atomic E-state index is 0.113. The Labute approximate surface area is 165 Å². The maximum absolute atomic E-state index is 13.2. The number of anilines is 1. The molecule has 0 aliphatic rings. The van der Waals surface area contributed by atoms with E-state index in [-0.39, 0.29) is 5.91 Å². The maximum Gasteiger partial charge on any atom is 0.233 e. The molecule has 0 saturated carbocycles. The van der Waals surface area contributed by atoms with E-state index >= 15 is 0 Å². The van der Waals surface area contributed by atoms with Crippen molar-refractivity contribution in [2.75, 3.05) is 32.1 Å². The first-order valence-electron chi connectivity index (χ1n) is 9.31. The average Bonchev–Trinajstić information content (AvgIpc) is 3.05. The van der Waals surface area contributed by atoms with Crippen molar-refractivity contribution < 1.29 is 4.79 Å². The van der Waals surface area contributed by atoms with E-state index in [4.69, 9.17) is 4.98 Å². The molecule has 5 heteroatoms. The molecule has 3 aromatic rings. The second kappa shape index (κ2) is 8.63. The molecule has 0 saturated heterocycles. The van der Waals surface area contributed by atoms with Gasteiger partial charge in [0.1, 0.15) is 0 Å². The van der Waals surface area contributed by atoms with Crippen LogP contribution in [-0.2, 0) is 11.2 Å². The van der Waals surface area contributed by atoms with Crippen molar-refractivity contribution in [1.82, 2.24) is 9.88 Å². The number of aryl methyl sites for hydroxylation is 2. The zero-order valence-corrected chi connectivity index (χ0v) is 17.3. The number of aromatic nitrogens is 1. The zero-order valence-electron chi connectivity index (χ0n) is 16.5. The van der Waals surface area contributed by atoms with Crippen molar-refractivity contribution in [2.45, 2.75) is 26.7 Å². The molecule has 0 aliphatic carbocycles. The van der Waals surface area contributed by atoms with Crippen molar-refractivity contribution in [1.29, 1.82) is 0 Å². The van der Waals surface area contributed by atoms with E-state index in [0.29, 0.717) is 13.0 Å². The number of rotatable bonds is 7. The van der Waals surface area contributed by atoms with E-state index < -0.39 is 0 Å². The van der Waals surface area contributed by atoms with E-state index in [0.717, 1.165) is 39.4 Å². The summed E-state index contributed by atoms with van der Waals surface area (Å²) < 4.78 is 1.12. The Bertz CT molecular complexity index is 899. The van der Waals surface area contributed by atoms with Gasteiger partial charge >= 0.3 is 0 Å². The van der Waals surface area contributed by atoms with E-state index in [1.165, 1.54) is 5.56 Å². The first-order valence-corrected chi connectivity index (χ1v) is 10.1. The van der Waals surface area contributed by atoms with Crippen LogP contribution in [0.5, 0.6) is 0 Å². The lowest BCUT2D eigenvalue weighted by molar-refractivity contribution is -0.118. The molecule has 4 nitrogen and oxygen atoms in total. The van der Waals surface area contributed by atoms with Gasteiger partial charge in [-0.3, -0.25) is 9.69 Å². The third-order valence-electron chi connectivity index (χ3n) is 4.65. The van der Waals surface area contributed by atoms with Crippen LogP contribution in [0.15, 0.2) is 42.5 Å². The first kappa shape index (κ1) is 19.5. The third-order valence-corrected chi connectivity index (χ3v) is 5.71. The molecule has 2 aromatic carbocycles. The number of benzene rings is 2. The molecule has 1 aromatic heterocycles. The molecule has 3 rings (SSSR count). The maximum atomic E-state index is 13.2. The molecule has 0 N–H and O–H groups in total. The van der Waals surface area contributed by atoms with Gasteiger partial charge in [0.25, 0.3) is 0 Å². The van der Waals surface area contributed by atoms with Crippen LogP contribution in [0.1, 0.15) is 23.1 Å². The number of hydrogen-bond acceptors (Lipinski definition) is 4. The predicted octanol–water partition coefficient (Wildman–Crippen LogP) is 4.44. The SMILES string of the molecule is Cc1ccc(C)c(CC(=O)N(CCCN(C)C)c2nc3ccccc3s2)c1. The molecule has 0 fully saturated rings. The van der Waals surface area contributed by atoms with Crippen LogP contribution in [-0.4, -0.2) is 43.0 Å². The van der Waals surface area contributed by atoms with Gasteiger partial charge in [-0.2, -0.15) is 0 Å². The summed E-state index contributed by atoms with van der Waals surface area (Å²) in [6, 6.07) is 14.4. The third kappa shape index (κ3) is 4.93. The molecule has 0 atom stereocenters. The fourth-order valence-corrected chi connectivity index (χ4v) is 4.11. The van der Waals surface area contributed by atoms with E-state index in [1.807, 2.05) is 23.1 Å². The molecular formula is C22H27N3OS. The van der Waals surface area contributed by atoms with Gasteiger partial charge < -0.3 is 4.90 Å². The van der Waals surface area contributed by atoms with Crippen LogP contribution in [0.4, 0.5) is 5.13 Å². The Balaban J connectivity index is 1.86. The number of thiazole rings is 1. The summed E-state index contributed by atoms with van der Waals surface area (Å²) in [5.74, 6) is 0.113. The Kier molecular flexibility index (Phi) is 6.24. The fourth-order valence-electron chi connectivity index (χ4n) is 3.10. The highest BCUT2D eigenvalue weighted by Crippen LogP contribution is 2.29. The summed E-state index contributed by atoms with van der Waals surface area (Å²) >= 11 is 1.59. The number of amides is 1. The minimum Gasteiger partial charge on any atom is -0.309 e. The number of para-hydroxylation sites is 1. The van der Waals surface area contributed by atoms with Crippen molar-refractivity contribution in [3.8, 4) is 0 Å². The topological polar surface area (TPSA) is 36.4 Å². The van der Waals surface area contributed by atoms with Crippen LogP contribution in [0.2, 0.25) is 0 Å². The Morgan fingerprint density at radius 3 is 2.59 bits per heavy atom. The molecular weight excluding hydrogens is 354 g/mol. The molecule has 0 bridgehead atoms. The lowest BCUT2D eigenvalue weighted by atomic mass is 10.0. The first-order chi connectivity index (χ1) is 12.9. The van der Waals surface area contributed by atoms with Gasteiger partial charge in [-0.1, -0.05) is 47.2 Å². The van der Waals surface area contributed by atoms with E-state index in [1.54, 1.807) is 11.3 Å². The Morgan fingerprint density at radius 2 is 1.85 bits per heavy atom. The lowest BCUT2D eigenvalue weighted by Gasteiger charge is -2.21. The molecule has 1 amide bonds. The van der Waals surface area contributed by atoms with Crippen LogP contribution in [0.25, 0.3) is 10.2 Å². The zero-order chi connectivity index (χ0) is 19.4. The highest BCUT2D eigenvalue weighted by molar-refractivity contribution is 7.22. The summed E-state index contributed by atoms with van der Waals surface area (Å²) in [5, 5.41) is 0.797. The lowest BCUT2D eigenvalue weighted by Crippen LogP contribution is -2.34. The quantitative estimate of drug-likeness (QED) is 0.607. The molecule has 0 aliphatic heterocycles. The summed E-state index contributed by atoms with van der Waals surface area (Å²) in [4.78, 5) is 21.9. The van der Waals surface area contributed by atoms with E-state index in [9.17, 15) is 4.79 Å². The van der Waals surface area contributed by atoms with Gasteiger partial charge in [0.05, 0.1) is 16.6 Å². The number of carbonyl (C=O) groups excluding carboxylic acids is 1. The number of fused-ring (bicyclic) bond motifs is 1. The van der Waals surface area contributed by atoms with Gasteiger partial charge in [0.15, 0.2) is 5.13 Å².